The van der Waals surface area contributed by atoms with E-state index in [-0.39, 0.29) is 10.7 Å². The first-order valence-corrected chi connectivity index (χ1v) is 7.60. The molecule has 0 atom stereocenters. The minimum absolute atomic E-state index is 0.0612. The molecule has 8 heteroatoms. The molecule has 0 unspecified atom stereocenters. The number of aryl methyl sites for hydroxylation is 2. The fourth-order valence-electron chi connectivity index (χ4n) is 1.74. The maximum atomic E-state index is 11.9. The zero-order chi connectivity index (χ0) is 15.6. The van der Waals surface area contributed by atoms with Crippen LogP contribution in [0.1, 0.15) is 21.8 Å². The van der Waals surface area contributed by atoms with Gasteiger partial charge in [0.1, 0.15) is 0 Å². The van der Waals surface area contributed by atoms with Gasteiger partial charge in [0.25, 0.3) is 5.91 Å². The van der Waals surface area contributed by atoms with Crippen molar-refractivity contribution in [3.8, 4) is 0 Å². The van der Waals surface area contributed by atoms with Gasteiger partial charge in [-0.05, 0) is 38.6 Å². The number of carbonyl (C=O) groups is 1. The molecule has 1 heterocycles. The Kier molecular flexibility index (Phi) is 4.10. The van der Waals surface area contributed by atoms with Crippen LogP contribution in [-0.2, 0) is 10.0 Å². The van der Waals surface area contributed by atoms with Crippen LogP contribution in [-0.4, -0.2) is 26.5 Å². The van der Waals surface area contributed by atoms with Crippen molar-refractivity contribution in [1.29, 1.82) is 0 Å². The molecule has 0 spiro atoms. The van der Waals surface area contributed by atoms with Crippen LogP contribution in [0.5, 0.6) is 0 Å². The first-order chi connectivity index (χ1) is 9.83. The SMILES string of the molecule is CNS(=O)(=O)c1cc(NC(=O)c2cc(C)no2)ccc1C. The average molecular weight is 309 g/mol. The smallest absolute Gasteiger partial charge is 0.294 e. The lowest BCUT2D eigenvalue weighted by molar-refractivity contribution is 0.0988. The summed E-state index contributed by atoms with van der Waals surface area (Å²) in [6.07, 6.45) is 0. The Morgan fingerprint density at radius 3 is 2.52 bits per heavy atom. The fourth-order valence-corrected chi connectivity index (χ4v) is 2.73. The van der Waals surface area contributed by atoms with Crippen LogP contribution in [0.15, 0.2) is 33.7 Å². The third kappa shape index (κ3) is 3.29. The van der Waals surface area contributed by atoms with Crippen molar-refractivity contribution in [3.05, 3.63) is 41.3 Å². The molecule has 1 aromatic heterocycles. The summed E-state index contributed by atoms with van der Waals surface area (Å²) >= 11 is 0. The summed E-state index contributed by atoms with van der Waals surface area (Å²) in [5, 5.41) is 6.19. The van der Waals surface area contributed by atoms with Gasteiger partial charge in [-0.2, -0.15) is 0 Å². The second-order valence-electron chi connectivity index (χ2n) is 4.47. The topological polar surface area (TPSA) is 101 Å². The summed E-state index contributed by atoms with van der Waals surface area (Å²) in [6.45, 7) is 3.37. The largest absolute Gasteiger partial charge is 0.351 e. The van der Waals surface area contributed by atoms with E-state index in [1.165, 1.54) is 19.2 Å². The summed E-state index contributed by atoms with van der Waals surface area (Å²) < 4.78 is 30.9. The van der Waals surface area contributed by atoms with Gasteiger partial charge in [-0.3, -0.25) is 4.79 Å². The number of rotatable bonds is 4. The molecule has 112 valence electrons. The number of amides is 1. The van der Waals surface area contributed by atoms with Crippen LogP contribution in [0.4, 0.5) is 5.69 Å². The number of nitrogens with zero attached hydrogens (tertiary/aromatic N) is 1. The summed E-state index contributed by atoms with van der Waals surface area (Å²) in [7, 11) is -2.25. The van der Waals surface area contributed by atoms with Crippen LogP contribution in [0.3, 0.4) is 0 Å². The quantitative estimate of drug-likeness (QED) is 0.890. The predicted octanol–water partition coefficient (Wildman–Crippen LogP) is 1.45. The molecule has 0 aliphatic heterocycles. The van der Waals surface area contributed by atoms with E-state index < -0.39 is 15.9 Å². The molecule has 0 aliphatic rings. The molecule has 2 rings (SSSR count). The van der Waals surface area contributed by atoms with E-state index >= 15 is 0 Å². The molecule has 0 aliphatic carbocycles. The van der Waals surface area contributed by atoms with Crippen LogP contribution in [0.25, 0.3) is 0 Å². The van der Waals surface area contributed by atoms with Crippen molar-refractivity contribution in [2.75, 3.05) is 12.4 Å². The summed E-state index contributed by atoms with van der Waals surface area (Å²) in [4.78, 5) is 12.0. The second kappa shape index (κ2) is 5.66. The van der Waals surface area contributed by atoms with Crippen molar-refractivity contribution in [3.63, 3.8) is 0 Å². The summed E-state index contributed by atoms with van der Waals surface area (Å²) in [5.74, 6) is -0.432. The van der Waals surface area contributed by atoms with Crippen LogP contribution in [0.2, 0.25) is 0 Å². The zero-order valence-electron chi connectivity index (χ0n) is 11.8. The lowest BCUT2D eigenvalue weighted by Crippen LogP contribution is -2.20. The highest BCUT2D eigenvalue weighted by Crippen LogP contribution is 2.20. The molecule has 1 amide bonds. The molecule has 2 N–H and O–H groups in total. The molecular weight excluding hydrogens is 294 g/mol. The molecular formula is C13H15N3O4S. The van der Waals surface area contributed by atoms with Crippen molar-refractivity contribution >= 4 is 21.6 Å². The highest BCUT2D eigenvalue weighted by molar-refractivity contribution is 7.89. The van der Waals surface area contributed by atoms with Crippen molar-refractivity contribution in [2.24, 2.45) is 0 Å². The zero-order valence-corrected chi connectivity index (χ0v) is 12.6. The lowest BCUT2D eigenvalue weighted by Gasteiger charge is -2.09. The van der Waals surface area contributed by atoms with Crippen LogP contribution < -0.4 is 10.0 Å². The first-order valence-electron chi connectivity index (χ1n) is 6.12. The minimum atomic E-state index is -3.58. The highest BCUT2D eigenvalue weighted by Gasteiger charge is 2.17. The van der Waals surface area contributed by atoms with Crippen LogP contribution >= 0.6 is 0 Å². The number of hydrogen-bond acceptors (Lipinski definition) is 5. The predicted molar refractivity (Wildman–Crippen MR) is 76.6 cm³/mol. The van der Waals surface area contributed by atoms with E-state index in [2.05, 4.69) is 15.2 Å². The highest BCUT2D eigenvalue weighted by atomic mass is 32.2. The fraction of sp³-hybridized carbons (Fsp3) is 0.231. The Hall–Kier alpha value is -2.19. The number of anilines is 1. The van der Waals surface area contributed by atoms with Gasteiger partial charge in [-0.25, -0.2) is 13.1 Å². The first kappa shape index (κ1) is 15.2. The van der Waals surface area contributed by atoms with Gasteiger partial charge in [0.2, 0.25) is 15.8 Å². The summed E-state index contributed by atoms with van der Waals surface area (Å²) in [6, 6.07) is 6.12. The van der Waals surface area contributed by atoms with Crippen molar-refractivity contribution in [2.45, 2.75) is 18.7 Å². The molecule has 1 aromatic carbocycles. The maximum absolute atomic E-state index is 11.9. The molecule has 0 saturated carbocycles. The molecule has 2 aromatic rings. The standard InChI is InChI=1S/C13H15N3O4S/c1-8-4-5-10(7-12(8)21(18,19)14-3)15-13(17)11-6-9(2)16-20-11/h4-7,14H,1-3H3,(H,15,17). The average Bonchev–Trinajstić information content (AvgIpc) is 2.87. The Bertz CT molecular complexity index is 780. The lowest BCUT2D eigenvalue weighted by atomic mass is 10.2. The molecule has 0 saturated heterocycles. The van der Waals surface area contributed by atoms with Gasteiger partial charge < -0.3 is 9.84 Å². The van der Waals surface area contributed by atoms with E-state index in [1.807, 2.05) is 0 Å². The molecule has 0 fully saturated rings. The van der Waals surface area contributed by atoms with E-state index in [4.69, 9.17) is 4.52 Å². The molecule has 0 bridgehead atoms. The number of sulfonamides is 1. The monoisotopic (exact) mass is 309 g/mol. The van der Waals surface area contributed by atoms with Gasteiger partial charge in [0, 0.05) is 11.8 Å². The van der Waals surface area contributed by atoms with Gasteiger partial charge in [0.15, 0.2) is 0 Å². The third-order valence-electron chi connectivity index (χ3n) is 2.86. The number of benzene rings is 1. The van der Waals surface area contributed by atoms with E-state index in [0.29, 0.717) is 16.9 Å². The number of nitrogens with one attached hydrogen (secondary N) is 2. The van der Waals surface area contributed by atoms with Gasteiger partial charge in [-0.1, -0.05) is 11.2 Å². The Balaban J connectivity index is 2.30. The molecule has 0 radical (unpaired) electrons. The maximum Gasteiger partial charge on any atom is 0.294 e. The van der Waals surface area contributed by atoms with Gasteiger partial charge in [0.05, 0.1) is 10.6 Å². The van der Waals surface area contributed by atoms with E-state index in [0.717, 1.165) is 0 Å². The van der Waals surface area contributed by atoms with E-state index in [1.54, 1.807) is 26.0 Å². The van der Waals surface area contributed by atoms with Gasteiger partial charge >= 0.3 is 0 Å². The molecule has 21 heavy (non-hydrogen) atoms. The van der Waals surface area contributed by atoms with Gasteiger partial charge in [-0.15, -0.1) is 0 Å². The summed E-state index contributed by atoms with van der Waals surface area (Å²) in [5.41, 5.74) is 1.52. The number of aromatic nitrogens is 1. The number of carbonyl (C=O) groups excluding carboxylic acids is 1. The normalized spacial score (nSPS) is 11.4. The van der Waals surface area contributed by atoms with E-state index in [9.17, 15) is 13.2 Å². The molecule has 7 nitrogen and oxygen atoms in total. The number of hydrogen-bond donors (Lipinski definition) is 2. The Morgan fingerprint density at radius 1 is 1.24 bits per heavy atom. The Morgan fingerprint density at radius 2 is 1.95 bits per heavy atom. The minimum Gasteiger partial charge on any atom is -0.351 e. The Labute approximate surface area is 122 Å². The van der Waals surface area contributed by atoms with Crippen molar-refractivity contribution < 1.29 is 17.7 Å². The third-order valence-corrected chi connectivity index (χ3v) is 4.41. The second-order valence-corrected chi connectivity index (χ2v) is 6.33. The van der Waals surface area contributed by atoms with Crippen LogP contribution in [0, 0.1) is 13.8 Å². The van der Waals surface area contributed by atoms with Crippen molar-refractivity contribution in [1.82, 2.24) is 9.88 Å².